The van der Waals surface area contributed by atoms with Crippen LogP contribution in [0.25, 0.3) is 0 Å². The topological polar surface area (TPSA) is 81.2 Å². The minimum atomic E-state index is -3.48. The van der Waals surface area contributed by atoms with E-state index < -0.39 is 10.0 Å². The van der Waals surface area contributed by atoms with E-state index in [2.05, 4.69) is 5.10 Å². The molecule has 0 saturated heterocycles. The molecule has 1 aromatic heterocycles. The third-order valence-corrected chi connectivity index (χ3v) is 5.94. The Labute approximate surface area is 121 Å². The highest BCUT2D eigenvalue weighted by atomic mass is 32.2. The van der Waals surface area contributed by atoms with Crippen LogP contribution in [-0.2, 0) is 17.1 Å². The van der Waals surface area contributed by atoms with Crippen LogP contribution in [0.2, 0.25) is 0 Å². The van der Waals surface area contributed by atoms with Gasteiger partial charge in [-0.25, -0.2) is 8.42 Å². The first-order chi connectivity index (χ1) is 9.57. The van der Waals surface area contributed by atoms with Crippen molar-refractivity contribution in [2.24, 2.45) is 12.8 Å². The monoisotopic (exact) mass is 300 g/mol. The van der Waals surface area contributed by atoms with Gasteiger partial charge in [-0.3, -0.25) is 4.68 Å². The summed E-state index contributed by atoms with van der Waals surface area (Å²) in [6.45, 7) is 0.999. The summed E-state index contributed by atoms with van der Waals surface area (Å²) in [7, 11) is -1.82. The molecule has 2 N–H and O–H groups in total. The summed E-state index contributed by atoms with van der Waals surface area (Å²) < 4.78 is 28.8. The Hall–Kier alpha value is -0.920. The van der Waals surface area contributed by atoms with Gasteiger partial charge in [0.1, 0.15) is 0 Å². The van der Waals surface area contributed by atoms with Crippen LogP contribution in [0.3, 0.4) is 0 Å². The molecular weight excluding hydrogens is 276 g/mol. The first-order valence-electron chi connectivity index (χ1n) is 7.27. The second-order valence-corrected chi connectivity index (χ2v) is 7.18. The zero-order valence-electron chi connectivity index (χ0n) is 12.0. The Bertz CT molecular complexity index is 520. The van der Waals surface area contributed by atoms with Crippen molar-refractivity contribution in [3.05, 3.63) is 12.3 Å². The van der Waals surface area contributed by atoms with E-state index in [1.165, 1.54) is 17.3 Å². The van der Waals surface area contributed by atoms with Crippen molar-refractivity contribution >= 4 is 10.0 Å². The lowest BCUT2D eigenvalue weighted by atomic mass is 9.95. The number of sulfonamides is 1. The SMILES string of the molecule is Cn1nccc1S(=O)(=O)N(CCCN)C1CCCCC1. The molecule has 20 heavy (non-hydrogen) atoms. The molecule has 1 fully saturated rings. The quantitative estimate of drug-likeness (QED) is 0.852. The standard InChI is InChI=1S/C13H24N4O2S/c1-16-13(8-10-15-16)20(18,19)17(11-5-9-14)12-6-3-2-4-7-12/h8,10,12H,2-7,9,11,14H2,1H3. The first kappa shape index (κ1) is 15.5. The van der Waals surface area contributed by atoms with Crippen molar-refractivity contribution in [3.8, 4) is 0 Å². The van der Waals surface area contributed by atoms with Gasteiger partial charge >= 0.3 is 0 Å². The van der Waals surface area contributed by atoms with Crippen molar-refractivity contribution in [1.29, 1.82) is 0 Å². The van der Waals surface area contributed by atoms with Gasteiger partial charge in [-0.05, 0) is 31.9 Å². The molecule has 0 amide bonds. The van der Waals surface area contributed by atoms with Gasteiger partial charge in [-0.2, -0.15) is 9.40 Å². The fourth-order valence-corrected chi connectivity index (χ4v) is 4.68. The summed E-state index contributed by atoms with van der Waals surface area (Å²) in [5, 5.41) is 4.24. The van der Waals surface area contributed by atoms with Crippen LogP contribution in [0.15, 0.2) is 17.3 Å². The van der Waals surface area contributed by atoms with Crippen LogP contribution in [-0.4, -0.2) is 41.6 Å². The lowest BCUT2D eigenvalue weighted by Gasteiger charge is -2.33. The van der Waals surface area contributed by atoms with Gasteiger partial charge in [0, 0.05) is 19.6 Å². The minimum Gasteiger partial charge on any atom is -0.330 e. The first-order valence-corrected chi connectivity index (χ1v) is 8.71. The molecule has 7 heteroatoms. The Morgan fingerprint density at radius 2 is 2.10 bits per heavy atom. The molecule has 6 nitrogen and oxygen atoms in total. The number of nitrogens with zero attached hydrogens (tertiary/aromatic N) is 3. The fraction of sp³-hybridized carbons (Fsp3) is 0.769. The third-order valence-electron chi connectivity index (χ3n) is 3.91. The van der Waals surface area contributed by atoms with Crippen LogP contribution in [0.1, 0.15) is 38.5 Å². The molecule has 1 saturated carbocycles. The Kier molecular flexibility index (Phi) is 5.17. The van der Waals surface area contributed by atoms with Crippen LogP contribution >= 0.6 is 0 Å². The fourth-order valence-electron chi connectivity index (χ4n) is 2.85. The predicted octanol–water partition coefficient (Wildman–Crippen LogP) is 1.09. The predicted molar refractivity (Wildman–Crippen MR) is 77.6 cm³/mol. The molecule has 1 aliphatic rings. The molecule has 0 spiro atoms. The highest BCUT2D eigenvalue weighted by molar-refractivity contribution is 7.89. The molecule has 0 unspecified atom stereocenters. The highest BCUT2D eigenvalue weighted by Gasteiger charge is 2.33. The molecule has 0 bridgehead atoms. The van der Waals surface area contributed by atoms with E-state index in [1.807, 2.05) is 0 Å². The van der Waals surface area contributed by atoms with Crippen LogP contribution in [0.5, 0.6) is 0 Å². The molecule has 1 heterocycles. The largest absolute Gasteiger partial charge is 0.330 e. The Balaban J connectivity index is 2.27. The zero-order valence-corrected chi connectivity index (χ0v) is 12.8. The molecular formula is C13H24N4O2S. The summed E-state index contributed by atoms with van der Waals surface area (Å²) in [6.07, 6.45) is 7.51. The van der Waals surface area contributed by atoms with E-state index in [0.29, 0.717) is 19.5 Å². The maximum atomic E-state index is 12.8. The Morgan fingerprint density at radius 3 is 2.65 bits per heavy atom. The second kappa shape index (κ2) is 6.69. The number of aryl methyl sites for hydroxylation is 1. The van der Waals surface area contributed by atoms with E-state index in [4.69, 9.17) is 5.73 Å². The van der Waals surface area contributed by atoms with Gasteiger partial charge in [0.25, 0.3) is 10.0 Å². The molecule has 0 atom stereocenters. The van der Waals surface area contributed by atoms with Gasteiger partial charge in [-0.15, -0.1) is 0 Å². The van der Waals surface area contributed by atoms with E-state index in [1.54, 1.807) is 17.4 Å². The van der Waals surface area contributed by atoms with Gasteiger partial charge in [0.15, 0.2) is 5.03 Å². The lowest BCUT2D eigenvalue weighted by molar-refractivity contribution is 0.250. The summed E-state index contributed by atoms with van der Waals surface area (Å²) >= 11 is 0. The van der Waals surface area contributed by atoms with Crippen LogP contribution < -0.4 is 5.73 Å². The summed E-state index contributed by atoms with van der Waals surface area (Å²) in [6, 6.07) is 1.67. The summed E-state index contributed by atoms with van der Waals surface area (Å²) in [5.41, 5.74) is 5.56. The number of nitrogens with two attached hydrogens (primary N) is 1. The third kappa shape index (κ3) is 3.21. The zero-order chi connectivity index (χ0) is 14.6. The van der Waals surface area contributed by atoms with Crippen LogP contribution in [0, 0.1) is 0 Å². The minimum absolute atomic E-state index is 0.107. The number of rotatable bonds is 6. The average molecular weight is 300 g/mol. The maximum absolute atomic E-state index is 12.8. The van der Waals surface area contributed by atoms with Crippen molar-refractivity contribution in [2.45, 2.75) is 49.6 Å². The van der Waals surface area contributed by atoms with Crippen molar-refractivity contribution in [2.75, 3.05) is 13.1 Å². The van der Waals surface area contributed by atoms with E-state index >= 15 is 0 Å². The van der Waals surface area contributed by atoms with E-state index in [-0.39, 0.29) is 11.1 Å². The molecule has 0 aliphatic heterocycles. The van der Waals surface area contributed by atoms with Gasteiger partial charge in [0.2, 0.25) is 0 Å². The van der Waals surface area contributed by atoms with Gasteiger partial charge in [0.05, 0.1) is 6.20 Å². The average Bonchev–Trinajstić information content (AvgIpc) is 2.87. The molecule has 0 aromatic carbocycles. The van der Waals surface area contributed by atoms with Crippen LogP contribution in [0.4, 0.5) is 0 Å². The van der Waals surface area contributed by atoms with Gasteiger partial charge < -0.3 is 5.73 Å². The molecule has 0 radical (unpaired) electrons. The molecule has 114 valence electrons. The normalized spacial score (nSPS) is 17.8. The molecule has 1 aromatic rings. The van der Waals surface area contributed by atoms with Crippen molar-refractivity contribution < 1.29 is 8.42 Å². The summed E-state index contributed by atoms with van der Waals surface area (Å²) in [4.78, 5) is 0. The van der Waals surface area contributed by atoms with Crippen molar-refractivity contribution in [1.82, 2.24) is 14.1 Å². The number of hydrogen-bond donors (Lipinski definition) is 1. The maximum Gasteiger partial charge on any atom is 0.260 e. The number of hydrogen-bond acceptors (Lipinski definition) is 4. The van der Waals surface area contributed by atoms with Crippen molar-refractivity contribution in [3.63, 3.8) is 0 Å². The van der Waals surface area contributed by atoms with E-state index in [9.17, 15) is 8.42 Å². The smallest absolute Gasteiger partial charge is 0.260 e. The Morgan fingerprint density at radius 1 is 1.40 bits per heavy atom. The highest BCUT2D eigenvalue weighted by Crippen LogP contribution is 2.27. The summed E-state index contributed by atoms with van der Waals surface area (Å²) in [5.74, 6) is 0. The molecule has 1 aliphatic carbocycles. The second-order valence-electron chi connectivity index (χ2n) is 5.34. The lowest BCUT2D eigenvalue weighted by Crippen LogP contribution is -2.43. The number of aromatic nitrogens is 2. The van der Waals surface area contributed by atoms with E-state index in [0.717, 1.165) is 25.7 Å². The van der Waals surface area contributed by atoms with Gasteiger partial charge in [-0.1, -0.05) is 19.3 Å². The molecule has 2 rings (SSSR count).